The quantitative estimate of drug-likeness (QED) is 0.544. The fourth-order valence-corrected chi connectivity index (χ4v) is 1.82. The third-order valence-corrected chi connectivity index (χ3v) is 3.89. The number of hydrogen-bond donors (Lipinski definition) is 0. The van der Waals surface area contributed by atoms with Crippen molar-refractivity contribution in [1.29, 1.82) is 0 Å². The Bertz CT molecular complexity index is 128. The molecule has 1 saturated heterocycles. The summed E-state index contributed by atoms with van der Waals surface area (Å²) in [5.74, 6) is 0. The zero-order valence-electron chi connectivity index (χ0n) is 9.14. The molecule has 0 aromatic heterocycles. The van der Waals surface area contributed by atoms with E-state index >= 15 is 0 Å². The third kappa shape index (κ3) is 1.99. The van der Waals surface area contributed by atoms with Gasteiger partial charge in [-0.05, 0) is 13.8 Å². The summed E-state index contributed by atoms with van der Waals surface area (Å²) in [5.41, 5.74) is 0. The van der Waals surface area contributed by atoms with Crippen LogP contribution in [0.1, 0.15) is 13.8 Å². The number of hydrogen-bond acceptors (Lipinski definition) is 0. The lowest BCUT2D eigenvalue weighted by Crippen LogP contribution is -2.63. The van der Waals surface area contributed by atoms with Gasteiger partial charge in [-0.1, -0.05) is 0 Å². The topological polar surface area (TPSA) is 0 Å². The van der Waals surface area contributed by atoms with Crippen molar-refractivity contribution in [3.05, 3.63) is 0 Å². The largest absolute Gasteiger partial charge is 0.317 e. The van der Waals surface area contributed by atoms with Crippen molar-refractivity contribution >= 4 is 0 Å². The Labute approximate surface area is 77.0 Å². The van der Waals surface area contributed by atoms with E-state index < -0.39 is 0 Å². The average Bonchev–Trinajstić information content (AvgIpc) is 2.11. The summed E-state index contributed by atoms with van der Waals surface area (Å²) >= 11 is 0. The molecule has 0 aromatic carbocycles. The van der Waals surface area contributed by atoms with Gasteiger partial charge >= 0.3 is 0 Å². The fraction of sp³-hybridized carbons (Fsp3) is 1.00. The molecular formula is C10H24N2+2. The molecule has 0 bridgehead atoms. The maximum absolute atomic E-state index is 2.39. The van der Waals surface area contributed by atoms with Crippen LogP contribution in [0.25, 0.3) is 0 Å². The second-order valence-corrected chi connectivity index (χ2v) is 4.77. The van der Waals surface area contributed by atoms with E-state index in [1.54, 1.807) is 0 Å². The molecule has 1 aliphatic heterocycles. The fourth-order valence-electron chi connectivity index (χ4n) is 1.82. The van der Waals surface area contributed by atoms with Crippen LogP contribution in [0.15, 0.2) is 0 Å². The zero-order chi connectivity index (χ0) is 9.24. The normalized spacial score (nSPS) is 43.0. The Kier molecular flexibility index (Phi) is 2.79. The van der Waals surface area contributed by atoms with Crippen molar-refractivity contribution in [2.45, 2.75) is 13.8 Å². The molecule has 0 radical (unpaired) electrons. The van der Waals surface area contributed by atoms with Crippen LogP contribution in [0.2, 0.25) is 0 Å². The van der Waals surface area contributed by atoms with Crippen molar-refractivity contribution in [2.24, 2.45) is 0 Å². The minimum Gasteiger partial charge on any atom is -0.317 e. The van der Waals surface area contributed by atoms with Gasteiger partial charge in [0.05, 0.1) is 27.2 Å². The van der Waals surface area contributed by atoms with Gasteiger partial charge in [0.15, 0.2) is 0 Å². The van der Waals surface area contributed by atoms with Crippen molar-refractivity contribution < 1.29 is 8.97 Å². The van der Waals surface area contributed by atoms with Crippen LogP contribution in [-0.2, 0) is 0 Å². The molecule has 0 aromatic rings. The summed E-state index contributed by atoms with van der Waals surface area (Å²) < 4.78 is 2.57. The van der Waals surface area contributed by atoms with Gasteiger partial charge in [0, 0.05) is 0 Å². The van der Waals surface area contributed by atoms with Crippen LogP contribution in [-0.4, -0.2) is 62.3 Å². The summed E-state index contributed by atoms with van der Waals surface area (Å²) in [6, 6.07) is 0. The van der Waals surface area contributed by atoms with Gasteiger partial charge in [-0.3, -0.25) is 0 Å². The standard InChI is InChI=1S/C10H24N2/c1-5-11(3)7-9-12(4,6-2)10-8-11/h5-10H2,1-4H3/q+2. The summed E-state index contributed by atoms with van der Waals surface area (Å²) in [6.45, 7) is 12.7. The molecule has 1 fully saturated rings. The van der Waals surface area contributed by atoms with E-state index in [0.717, 1.165) is 0 Å². The minimum absolute atomic E-state index is 1.29. The Morgan fingerprint density at radius 3 is 1.17 bits per heavy atom. The first-order valence-corrected chi connectivity index (χ1v) is 5.21. The maximum atomic E-state index is 2.39. The molecule has 0 amide bonds. The van der Waals surface area contributed by atoms with Crippen LogP contribution in [0, 0.1) is 0 Å². The first kappa shape index (κ1) is 10.0. The third-order valence-electron chi connectivity index (χ3n) is 3.89. The molecule has 12 heavy (non-hydrogen) atoms. The Morgan fingerprint density at radius 2 is 1.00 bits per heavy atom. The molecular weight excluding hydrogens is 148 g/mol. The van der Waals surface area contributed by atoms with Gasteiger partial charge in [-0.15, -0.1) is 0 Å². The molecule has 0 spiro atoms. The first-order chi connectivity index (χ1) is 5.54. The molecule has 1 rings (SSSR count). The highest BCUT2D eigenvalue weighted by atomic mass is 15.4. The highest BCUT2D eigenvalue weighted by Crippen LogP contribution is 2.14. The van der Waals surface area contributed by atoms with Crippen molar-refractivity contribution in [1.82, 2.24) is 0 Å². The van der Waals surface area contributed by atoms with E-state index in [9.17, 15) is 0 Å². The maximum Gasteiger partial charge on any atom is 0.128 e. The molecule has 2 heteroatoms. The Hall–Kier alpha value is -0.0800. The average molecular weight is 172 g/mol. The second-order valence-electron chi connectivity index (χ2n) is 4.77. The zero-order valence-corrected chi connectivity index (χ0v) is 9.14. The molecule has 0 aliphatic carbocycles. The lowest BCUT2D eigenvalue weighted by atomic mass is 10.2. The van der Waals surface area contributed by atoms with Crippen LogP contribution in [0.3, 0.4) is 0 Å². The highest BCUT2D eigenvalue weighted by Gasteiger charge is 2.34. The number of rotatable bonds is 2. The predicted octanol–water partition coefficient (Wildman–Crippen LogP) is 0.933. The van der Waals surface area contributed by atoms with Crippen molar-refractivity contribution in [3.63, 3.8) is 0 Å². The summed E-state index contributed by atoms with van der Waals surface area (Å²) in [6.07, 6.45) is 0. The van der Waals surface area contributed by atoms with Crippen molar-refractivity contribution in [3.8, 4) is 0 Å². The number of likely N-dealkylation sites (N-methyl/N-ethyl adjacent to an activating group) is 2. The van der Waals surface area contributed by atoms with E-state index in [1.807, 2.05) is 0 Å². The highest BCUT2D eigenvalue weighted by molar-refractivity contribution is 4.48. The lowest BCUT2D eigenvalue weighted by Gasteiger charge is -2.45. The van der Waals surface area contributed by atoms with Crippen LogP contribution in [0.4, 0.5) is 0 Å². The molecule has 0 saturated carbocycles. The van der Waals surface area contributed by atoms with E-state index in [2.05, 4.69) is 27.9 Å². The van der Waals surface area contributed by atoms with Gasteiger partial charge in [0.25, 0.3) is 0 Å². The number of piperazine rings is 1. The molecule has 1 aliphatic rings. The predicted molar refractivity (Wildman–Crippen MR) is 52.9 cm³/mol. The van der Waals surface area contributed by atoms with Gasteiger partial charge in [0.2, 0.25) is 0 Å². The molecule has 2 nitrogen and oxygen atoms in total. The molecule has 0 N–H and O–H groups in total. The van der Waals surface area contributed by atoms with Crippen LogP contribution >= 0.6 is 0 Å². The van der Waals surface area contributed by atoms with Crippen LogP contribution < -0.4 is 0 Å². The smallest absolute Gasteiger partial charge is 0.128 e. The van der Waals surface area contributed by atoms with Crippen LogP contribution in [0.5, 0.6) is 0 Å². The lowest BCUT2D eigenvalue weighted by molar-refractivity contribution is -1.01. The minimum atomic E-state index is 1.29. The van der Waals surface area contributed by atoms with E-state index in [4.69, 9.17) is 0 Å². The summed E-state index contributed by atoms with van der Waals surface area (Å²) in [4.78, 5) is 0. The summed E-state index contributed by atoms with van der Waals surface area (Å²) in [5, 5.41) is 0. The molecule has 1 heterocycles. The Balaban J connectivity index is 2.49. The molecule has 0 atom stereocenters. The van der Waals surface area contributed by atoms with Gasteiger partial charge in [0.1, 0.15) is 26.2 Å². The van der Waals surface area contributed by atoms with E-state index in [0.29, 0.717) is 0 Å². The van der Waals surface area contributed by atoms with Gasteiger partial charge in [-0.25, -0.2) is 0 Å². The van der Waals surface area contributed by atoms with Gasteiger partial charge < -0.3 is 8.97 Å². The Morgan fingerprint density at radius 1 is 0.750 bits per heavy atom. The SMILES string of the molecule is CC[N+]1(C)CC[N+](C)(CC)CC1. The van der Waals surface area contributed by atoms with E-state index in [-0.39, 0.29) is 0 Å². The number of nitrogens with zero attached hydrogens (tertiary/aromatic N) is 2. The van der Waals surface area contributed by atoms with Gasteiger partial charge in [-0.2, -0.15) is 0 Å². The second kappa shape index (κ2) is 3.35. The van der Waals surface area contributed by atoms with E-state index in [1.165, 1.54) is 48.2 Å². The van der Waals surface area contributed by atoms with Crippen molar-refractivity contribution in [2.75, 3.05) is 53.4 Å². The molecule has 0 unspecified atom stereocenters. The monoisotopic (exact) mass is 172 g/mol. The molecule has 72 valence electrons. The number of quaternary nitrogens is 2. The first-order valence-electron chi connectivity index (χ1n) is 5.21. The summed E-state index contributed by atoms with van der Waals surface area (Å²) in [7, 11) is 4.78.